The lowest BCUT2D eigenvalue weighted by atomic mass is 9.95. The molecule has 0 saturated heterocycles. The molecule has 0 aliphatic carbocycles. The van der Waals surface area contributed by atoms with Gasteiger partial charge in [0.1, 0.15) is 5.54 Å². The summed E-state index contributed by atoms with van der Waals surface area (Å²) in [6.45, 7) is 11.3. The molecule has 0 fully saturated rings. The van der Waals surface area contributed by atoms with Crippen LogP contribution < -0.4 is 5.32 Å². The minimum Gasteiger partial charge on any atom is -0.480 e. The van der Waals surface area contributed by atoms with Crippen molar-refractivity contribution in [3.05, 3.63) is 0 Å². The van der Waals surface area contributed by atoms with Crippen molar-refractivity contribution in [1.29, 1.82) is 0 Å². The molecule has 108 valence electrons. The Labute approximate surface area is 115 Å². The van der Waals surface area contributed by atoms with Crippen LogP contribution in [0.3, 0.4) is 0 Å². The molecule has 0 spiro atoms. The summed E-state index contributed by atoms with van der Waals surface area (Å²) in [5.74, 6) is -0.826. The standard InChI is InChI=1S/C13H27NO3S/c1-8(2)14-13(6,12(16)17)7-9(3)18-11(5)10(4)15/h8-11,14-15H,7H2,1-6H3,(H,16,17). The van der Waals surface area contributed by atoms with Gasteiger partial charge in [-0.05, 0) is 34.1 Å². The lowest BCUT2D eigenvalue weighted by Crippen LogP contribution is -2.53. The highest BCUT2D eigenvalue weighted by Crippen LogP contribution is 2.27. The molecule has 4 atom stereocenters. The third-order valence-electron chi connectivity index (χ3n) is 2.90. The fraction of sp³-hybridized carbons (Fsp3) is 0.923. The maximum absolute atomic E-state index is 11.4. The Balaban J connectivity index is 4.55. The zero-order valence-electron chi connectivity index (χ0n) is 12.2. The first-order chi connectivity index (χ1) is 8.08. The zero-order valence-corrected chi connectivity index (χ0v) is 13.0. The summed E-state index contributed by atoms with van der Waals surface area (Å²) < 4.78 is 0. The van der Waals surface area contributed by atoms with E-state index in [0.29, 0.717) is 6.42 Å². The molecule has 0 aromatic rings. The van der Waals surface area contributed by atoms with Crippen LogP contribution in [-0.2, 0) is 4.79 Å². The molecule has 4 unspecified atom stereocenters. The first-order valence-electron chi connectivity index (χ1n) is 6.43. The normalized spacial score (nSPS) is 20.2. The van der Waals surface area contributed by atoms with Crippen LogP contribution in [0.2, 0.25) is 0 Å². The van der Waals surface area contributed by atoms with Crippen LogP contribution in [0.4, 0.5) is 0 Å². The molecule has 5 heteroatoms. The maximum atomic E-state index is 11.4. The van der Waals surface area contributed by atoms with Crippen molar-refractivity contribution < 1.29 is 15.0 Å². The van der Waals surface area contributed by atoms with E-state index in [1.54, 1.807) is 25.6 Å². The lowest BCUT2D eigenvalue weighted by molar-refractivity contribution is -0.144. The van der Waals surface area contributed by atoms with Crippen LogP contribution >= 0.6 is 11.8 Å². The first-order valence-corrected chi connectivity index (χ1v) is 7.37. The first kappa shape index (κ1) is 17.7. The van der Waals surface area contributed by atoms with Crippen molar-refractivity contribution in [2.45, 2.75) is 76.1 Å². The van der Waals surface area contributed by atoms with Gasteiger partial charge >= 0.3 is 5.97 Å². The molecule has 0 heterocycles. The lowest BCUT2D eigenvalue weighted by Gasteiger charge is -2.32. The zero-order chi connectivity index (χ0) is 14.5. The molecular weight excluding hydrogens is 250 g/mol. The number of aliphatic hydroxyl groups excluding tert-OH is 1. The van der Waals surface area contributed by atoms with Gasteiger partial charge in [-0.3, -0.25) is 10.1 Å². The van der Waals surface area contributed by atoms with Gasteiger partial charge in [0.05, 0.1) is 6.10 Å². The van der Waals surface area contributed by atoms with Gasteiger partial charge in [-0.1, -0.05) is 13.8 Å². The van der Waals surface area contributed by atoms with Gasteiger partial charge in [-0.15, -0.1) is 0 Å². The van der Waals surface area contributed by atoms with E-state index in [1.165, 1.54) is 0 Å². The van der Waals surface area contributed by atoms with E-state index in [4.69, 9.17) is 0 Å². The maximum Gasteiger partial charge on any atom is 0.323 e. The second-order valence-corrected chi connectivity index (χ2v) is 7.35. The summed E-state index contributed by atoms with van der Waals surface area (Å²) in [6.07, 6.45) is 0.147. The summed E-state index contributed by atoms with van der Waals surface area (Å²) in [5, 5.41) is 22.2. The number of carboxylic acid groups (broad SMARTS) is 1. The second-order valence-electron chi connectivity index (χ2n) is 5.53. The minimum atomic E-state index is -0.918. The van der Waals surface area contributed by atoms with E-state index in [1.807, 2.05) is 27.7 Å². The van der Waals surface area contributed by atoms with Crippen molar-refractivity contribution in [2.24, 2.45) is 0 Å². The molecule has 0 aromatic carbocycles. The Morgan fingerprint density at radius 2 is 1.78 bits per heavy atom. The van der Waals surface area contributed by atoms with E-state index in [0.717, 1.165) is 0 Å². The fourth-order valence-corrected chi connectivity index (χ4v) is 3.34. The molecule has 0 bridgehead atoms. The van der Waals surface area contributed by atoms with Crippen LogP contribution in [0.15, 0.2) is 0 Å². The molecule has 0 rings (SSSR count). The van der Waals surface area contributed by atoms with Crippen molar-refractivity contribution in [1.82, 2.24) is 5.32 Å². The molecule has 0 aliphatic heterocycles. The second kappa shape index (κ2) is 7.36. The van der Waals surface area contributed by atoms with E-state index in [2.05, 4.69) is 5.32 Å². The van der Waals surface area contributed by atoms with Gasteiger partial charge in [-0.25, -0.2) is 0 Å². The van der Waals surface area contributed by atoms with Crippen LogP contribution in [0, 0.1) is 0 Å². The van der Waals surface area contributed by atoms with Crippen LogP contribution in [0.25, 0.3) is 0 Å². The number of hydrogen-bond donors (Lipinski definition) is 3. The molecule has 0 saturated carbocycles. The number of nitrogens with one attached hydrogen (secondary N) is 1. The predicted octanol–water partition coefficient (Wildman–Crippen LogP) is 2.11. The van der Waals surface area contributed by atoms with Crippen molar-refractivity contribution in [3.8, 4) is 0 Å². The van der Waals surface area contributed by atoms with E-state index in [9.17, 15) is 15.0 Å². The van der Waals surface area contributed by atoms with Gasteiger partial charge in [0.15, 0.2) is 0 Å². The van der Waals surface area contributed by atoms with Gasteiger partial charge in [0, 0.05) is 16.5 Å². The van der Waals surface area contributed by atoms with Crippen molar-refractivity contribution >= 4 is 17.7 Å². The molecular formula is C13H27NO3S. The average Bonchev–Trinajstić information content (AvgIpc) is 2.14. The smallest absolute Gasteiger partial charge is 0.323 e. The third-order valence-corrected chi connectivity index (χ3v) is 4.36. The Kier molecular flexibility index (Phi) is 7.25. The van der Waals surface area contributed by atoms with Gasteiger partial charge in [0.2, 0.25) is 0 Å². The Bertz CT molecular complexity index is 271. The summed E-state index contributed by atoms with van der Waals surface area (Å²) in [6, 6.07) is 0.123. The summed E-state index contributed by atoms with van der Waals surface area (Å²) in [4.78, 5) is 11.4. The molecule has 0 aromatic heterocycles. The third kappa shape index (κ3) is 6.07. The van der Waals surface area contributed by atoms with E-state index >= 15 is 0 Å². The van der Waals surface area contributed by atoms with E-state index in [-0.39, 0.29) is 22.6 Å². The van der Waals surface area contributed by atoms with Crippen LogP contribution in [0.1, 0.15) is 48.0 Å². The SMILES string of the molecule is CC(C)NC(C)(CC(C)SC(C)C(C)O)C(=O)O. The fourth-order valence-electron chi connectivity index (χ4n) is 1.95. The van der Waals surface area contributed by atoms with Crippen molar-refractivity contribution in [2.75, 3.05) is 0 Å². The summed E-state index contributed by atoms with van der Waals surface area (Å²) >= 11 is 1.63. The number of hydrogen-bond acceptors (Lipinski definition) is 4. The highest BCUT2D eigenvalue weighted by Gasteiger charge is 2.35. The molecule has 3 N–H and O–H groups in total. The summed E-state index contributed by atoms with van der Waals surface area (Å²) in [7, 11) is 0. The van der Waals surface area contributed by atoms with Gasteiger partial charge in [0.25, 0.3) is 0 Å². The molecule has 0 amide bonds. The summed E-state index contributed by atoms with van der Waals surface area (Å²) in [5.41, 5.74) is -0.918. The molecule has 18 heavy (non-hydrogen) atoms. The number of rotatable bonds is 8. The number of thioether (sulfide) groups is 1. The number of aliphatic hydroxyl groups is 1. The van der Waals surface area contributed by atoms with Gasteiger partial charge in [-0.2, -0.15) is 11.8 Å². The predicted molar refractivity (Wildman–Crippen MR) is 77.1 cm³/mol. The number of carboxylic acids is 1. The molecule has 4 nitrogen and oxygen atoms in total. The molecule has 0 radical (unpaired) electrons. The van der Waals surface area contributed by atoms with Crippen molar-refractivity contribution in [3.63, 3.8) is 0 Å². The topological polar surface area (TPSA) is 69.6 Å². The van der Waals surface area contributed by atoms with Gasteiger partial charge < -0.3 is 10.2 Å². The highest BCUT2D eigenvalue weighted by atomic mass is 32.2. The monoisotopic (exact) mass is 277 g/mol. The average molecular weight is 277 g/mol. The quantitative estimate of drug-likeness (QED) is 0.634. The van der Waals surface area contributed by atoms with E-state index < -0.39 is 11.5 Å². The highest BCUT2D eigenvalue weighted by molar-refractivity contribution is 8.00. The number of carbonyl (C=O) groups is 1. The molecule has 0 aliphatic rings. The number of aliphatic carboxylic acids is 1. The minimum absolute atomic E-state index is 0.108. The Morgan fingerprint density at radius 1 is 1.28 bits per heavy atom. The largest absolute Gasteiger partial charge is 0.480 e. The Morgan fingerprint density at radius 3 is 2.11 bits per heavy atom. The van der Waals surface area contributed by atoms with Crippen LogP contribution in [-0.4, -0.2) is 44.4 Å². The Hall–Kier alpha value is -0.260. The van der Waals surface area contributed by atoms with Crippen LogP contribution in [0.5, 0.6) is 0 Å².